The van der Waals surface area contributed by atoms with Gasteiger partial charge in [0.15, 0.2) is 0 Å². The van der Waals surface area contributed by atoms with Crippen LogP contribution >= 0.6 is 0 Å². The number of ether oxygens (including phenoxy) is 1. The summed E-state index contributed by atoms with van der Waals surface area (Å²) in [6, 6.07) is 9.22. The monoisotopic (exact) mass is 355 g/mol. The lowest BCUT2D eigenvalue weighted by Gasteiger charge is -2.30. The molecule has 0 aliphatic carbocycles. The highest BCUT2D eigenvalue weighted by atomic mass is 16.5. The Balaban J connectivity index is 1.66. The predicted octanol–water partition coefficient (Wildman–Crippen LogP) is 1.09. The maximum absolute atomic E-state index is 13.3. The molecule has 0 unspecified atom stereocenters. The number of aliphatic carboxylic acids is 1. The van der Waals surface area contributed by atoms with Crippen LogP contribution in [0.25, 0.3) is 10.9 Å². The minimum atomic E-state index is -0.844. The highest BCUT2D eigenvalue weighted by Crippen LogP contribution is 2.24. The zero-order chi connectivity index (χ0) is 18.1. The van der Waals surface area contributed by atoms with Crippen molar-refractivity contribution in [1.82, 2.24) is 14.8 Å². The number of hydrogen-bond acceptors (Lipinski definition) is 5. The average Bonchev–Trinajstić information content (AvgIpc) is 2.91. The fourth-order valence-electron chi connectivity index (χ4n) is 3.95. The van der Waals surface area contributed by atoms with Crippen molar-refractivity contribution in [1.29, 1.82) is 0 Å². The van der Waals surface area contributed by atoms with Gasteiger partial charge in [-0.2, -0.15) is 0 Å². The third-order valence-electron chi connectivity index (χ3n) is 5.04. The standard InChI is InChI=1S/C19H21N3O4/c23-18(24)10-21-7-13-8-22(14(9-21)12-26-11-13)19(25)16-5-6-20-17-4-2-1-3-15(16)17/h1-6,13-14H,7-12H2,(H,23,24)/t13-,14-/m0/s1. The summed E-state index contributed by atoms with van der Waals surface area (Å²) in [6.07, 6.45) is 1.66. The highest BCUT2D eigenvalue weighted by Gasteiger charge is 2.36. The van der Waals surface area contributed by atoms with Crippen LogP contribution in [0.3, 0.4) is 0 Å². The van der Waals surface area contributed by atoms with E-state index >= 15 is 0 Å². The summed E-state index contributed by atoms with van der Waals surface area (Å²) in [5.74, 6) is -0.774. The maximum atomic E-state index is 13.3. The summed E-state index contributed by atoms with van der Waals surface area (Å²) in [7, 11) is 0. The number of fused-ring (bicyclic) bond motifs is 4. The second-order valence-corrected chi connectivity index (χ2v) is 6.98. The topological polar surface area (TPSA) is 83.0 Å². The fourth-order valence-corrected chi connectivity index (χ4v) is 3.95. The first-order valence-electron chi connectivity index (χ1n) is 8.78. The van der Waals surface area contributed by atoms with E-state index in [1.807, 2.05) is 34.1 Å². The molecule has 0 radical (unpaired) electrons. The Bertz CT molecular complexity index is 835. The van der Waals surface area contributed by atoms with Crippen molar-refractivity contribution in [3.63, 3.8) is 0 Å². The number of carboxylic acids is 1. The summed E-state index contributed by atoms with van der Waals surface area (Å²) >= 11 is 0. The van der Waals surface area contributed by atoms with Crippen molar-refractivity contribution in [2.75, 3.05) is 39.4 Å². The minimum Gasteiger partial charge on any atom is -0.480 e. The number of benzene rings is 1. The second kappa shape index (κ2) is 7.01. The molecule has 2 aromatic rings. The van der Waals surface area contributed by atoms with E-state index in [2.05, 4.69) is 4.98 Å². The molecule has 1 amide bonds. The van der Waals surface area contributed by atoms with E-state index in [1.54, 1.807) is 12.3 Å². The van der Waals surface area contributed by atoms with Gasteiger partial charge >= 0.3 is 5.97 Å². The minimum absolute atomic E-state index is 0.00673. The molecule has 4 rings (SSSR count). The van der Waals surface area contributed by atoms with Crippen LogP contribution in [-0.2, 0) is 9.53 Å². The molecule has 1 aromatic heterocycles. The second-order valence-electron chi connectivity index (χ2n) is 6.98. The highest BCUT2D eigenvalue weighted by molar-refractivity contribution is 6.06. The Morgan fingerprint density at radius 1 is 1.15 bits per heavy atom. The van der Waals surface area contributed by atoms with Gasteiger partial charge in [0, 0.05) is 37.1 Å². The van der Waals surface area contributed by atoms with Crippen molar-refractivity contribution in [3.8, 4) is 0 Å². The molecule has 1 N–H and O–H groups in total. The van der Waals surface area contributed by atoms with Crippen molar-refractivity contribution >= 4 is 22.8 Å². The van der Waals surface area contributed by atoms with Crippen molar-refractivity contribution in [3.05, 3.63) is 42.1 Å². The summed E-state index contributed by atoms with van der Waals surface area (Å²) in [5, 5.41) is 9.97. The van der Waals surface area contributed by atoms with Gasteiger partial charge in [-0.25, -0.2) is 0 Å². The van der Waals surface area contributed by atoms with Crippen LogP contribution < -0.4 is 0 Å². The molecule has 7 nitrogen and oxygen atoms in total. The molecule has 26 heavy (non-hydrogen) atoms. The smallest absolute Gasteiger partial charge is 0.317 e. The number of carbonyl (C=O) groups excluding carboxylic acids is 1. The number of nitrogens with zero attached hydrogens (tertiary/aromatic N) is 3. The van der Waals surface area contributed by atoms with E-state index in [0.717, 1.165) is 10.9 Å². The van der Waals surface area contributed by atoms with Gasteiger partial charge < -0.3 is 14.7 Å². The van der Waals surface area contributed by atoms with Crippen LogP contribution in [0.5, 0.6) is 0 Å². The number of pyridine rings is 1. The first-order chi connectivity index (χ1) is 12.6. The molecule has 2 saturated heterocycles. The first kappa shape index (κ1) is 16.9. The quantitative estimate of drug-likeness (QED) is 0.888. The Morgan fingerprint density at radius 2 is 2.00 bits per heavy atom. The van der Waals surface area contributed by atoms with Crippen molar-refractivity contribution < 1.29 is 19.4 Å². The SMILES string of the molecule is O=C(O)CN1C[C@@H]2COC[C@H](C1)N(C(=O)c1ccnc3ccccc13)C2. The predicted molar refractivity (Wildman–Crippen MR) is 95.0 cm³/mol. The molecule has 0 saturated carbocycles. The molecule has 2 fully saturated rings. The van der Waals surface area contributed by atoms with Gasteiger partial charge in [-0.3, -0.25) is 19.5 Å². The average molecular weight is 355 g/mol. The van der Waals surface area contributed by atoms with E-state index in [0.29, 0.717) is 38.4 Å². The molecule has 2 aliphatic heterocycles. The molecule has 3 heterocycles. The van der Waals surface area contributed by atoms with Crippen LogP contribution in [0.2, 0.25) is 0 Å². The fraction of sp³-hybridized carbons (Fsp3) is 0.421. The summed E-state index contributed by atoms with van der Waals surface area (Å²) < 4.78 is 5.74. The van der Waals surface area contributed by atoms with Gasteiger partial charge in [0.2, 0.25) is 0 Å². The largest absolute Gasteiger partial charge is 0.480 e. The van der Waals surface area contributed by atoms with Gasteiger partial charge in [-0.1, -0.05) is 18.2 Å². The molecule has 0 spiro atoms. The molecule has 2 atom stereocenters. The number of amides is 1. The van der Waals surface area contributed by atoms with Crippen molar-refractivity contribution in [2.45, 2.75) is 6.04 Å². The maximum Gasteiger partial charge on any atom is 0.317 e. The Hall–Kier alpha value is -2.51. The Morgan fingerprint density at radius 3 is 2.85 bits per heavy atom. The van der Waals surface area contributed by atoms with Gasteiger partial charge in [0.1, 0.15) is 0 Å². The van der Waals surface area contributed by atoms with E-state index in [9.17, 15) is 9.59 Å². The van der Waals surface area contributed by atoms with Gasteiger partial charge in [0.25, 0.3) is 5.91 Å². The molecule has 136 valence electrons. The zero-order valence-corrected chi connectivity index (χ0v) is 14.4. The normalized spacial score (nSPS) is 23.6. The number of rotatable bonds is 3. The van der Waals surface area contributed by atoms with E-state index in [-0.39, 0.29) is 24.4 Å². The summed E-state index contributed by atoms with van der Waals surface area (Å²) in [6.45, 7) is 2.69. The lowest BCUT2D eigenvalue weighted by Crippen LogP contribution is -2.47. The van der Waals surface area contributed by atoms with Gasteiger partial charge in [-0.05, 0) is 12.1 Å². The molecule has 1 aromatic carbocycles. The lowest BCUT2D eigenvalue weighted by molar-refractivity contribution is -0.138. The summed E-state index contributed by atoms with van der Waals surface area (Å²) in [4.78, 5) is 32.6. The summed E-state index contributed by atoms with van der Waals surface area (Å²) in [5.41, 5.74) is 1.42. The van der Waals surface area contributed by atoms with Crippen LogP contribution in [-0.4, -0.2) is 77.2 Å². The number of carboxylic acid groups (broad SMARTS) is 1. The zero-order valence-electron chi connectivity index (χ0n) is 14.4. The third-order valence-corrected chi connectivity index (χ3v) is 5.04. The molecule has 2 bridgehead atoms. The van der Waals surface area contributed by atoms with E-state index in [4.69, 9.17) is 9.84 Å². The lowest BCUT2D eigenvalue weighted by atomic mass is 10.1. The van der Waals surface area contributed by atoms with Crippen LogP contribution in [0.4, 0.5) is 0 Å². The van der Waals surface area contributed by atoms with Gasteiger partial charge in [-0.15, -0.1) is 0 Å². The number of hydrogen-bond donors (Lipinski definition) is 1. The van der Waals surface area contributed by atoms with Gasteiger partial charge in [0.05, 0.1) is 36.9 Å². The molecular formula is C19H21N3O4. The van der Waals surface area contributed by atoms with Crippen molar-refractivity contribution in [2.24, 2.45) is 5.92 Å². The molecule has 2 aliphatic rings. The van der Waals surface area contributed by atoms with E-state index < -0.39 is 5.97 Å². The molecule has 7 heteroatoms. The van der Waals surface area contributed by atoms with E-state index in [1.165, 1.54) is 0 Å². The van der Waals surface area contributed by atoms with Crippen LogP contribution in [0.15, 0.2) is 36.5 Å². The van der Waals surface area contributed by atoms with Crippen LogP contribution in [0, 0.1) is 5.92 Å². The number of aromatic nitrogens is 1. The van der Waals surface area contributed by atoms with Crippen LogP contribution in [0.1, 0.15) is 10.4 Å². The number of carbonyl (C=O) groups is 2. The number of para-hydroxylation sites is 1. The first-order valence-corrected chi connectivity index (χ1v) is 8.78. The third kappa shape index (κ3) is 3.27. The molecular weight excluding hydrogens is 334 g/mol. The Kier molecular flexibility index (Phi) is 4.57. The Labute approximate surface area is 151 Å².